The molecule has 1 aromatic carbocycles. The van der Waals surface area contributed by atoms with Crippen molar-refractivity contribution in [2.75, 3.05) is 26.2 Å². The first-order chi connectivity index (χ1) is 12.0. The number of likely N-dealkylation sites (tertiary alicyclic amines) is 1. The number of rotatable bonds is 8. The number of hydrogen-bond donors (Lipinski definition) is 1. The summed E-state index contributed by atoms with van der Waals surface area (Å²) in [5.41, 5.74) is 0.590. The Morgan fingerprint density at radius 2 is 2.08 bits per heavy atom. The molecule has 1 N–H and O–H groups in total. The Balaban J connectivity index is 1.60. The fraction of sp³-hybridized carbons (Fsp3) is 0.471. The Morgan fingerprint density at radius 3 is 2.76 bits per heavy atom. The average Bonchev–Trinajstić information content (AvgIpc) is 2.97. The van der Waals surface area contributed by atoms with E-state index in [1.807, 2.05) is 0 Å². The van der Waals surface area contributed by atoms with Gasteiger partial charge in [-0.3, -0.25) is 14.4 Å². The highest BCUT2D eigenvalue weighted by Gasteiger charge is 2.19. The Labute approximate surface area is 156 Å². The van der Waals surface area contributed by atoms with Crippen molar-refractivity contribution in [3.05, 3.63) is 33.8 Å². The van der Waals surface area contributed by atoms with E-state index in [0.29, 0.717) is 41.5 Å². The summed E-state index contributed by atoms with van der Waals surface area (Å²) in [7, 11) is 0. The largest absolute Gasteiger partial charge is 0.455 e. The smallest absolute Gasteiger partial charge is 0.310 e. The molecular weight excluding hydrogens is 367 g/mol. The number of carbonyl (C=O) groups excluding carboxylic acids is 3. The molecular formula is C17H20Cl2N2O4. The number of esters is 1. The minimum absolute atomic E-state index is 0.0274. The maximum atomic E-state index is 11.8. The monoisotopic (exact) mass is 386 g/mol. The van der Waals surface area contributed by atoms with Crippen molar-refractivity contribution in [1.29, 1.82) is 0 Å². The van der Waals surface area contributed by atoms with Gasteiger partial charge in [0.1, 0.15) is 0 Å². The molecule has 8 heteroatoms. The van der Waals surface area contributed by atoms with E-state index in [-0.39, 0.29) is 24.8 Å². The Hall–Kier alpha value is -1.79. The molecule has 0 radical (unpaired) electrons. The standard InChI is InChI=1S/C17H20Cl2N2O4/c18-13-5-4-12(14(19)10-13)9-17(24)25-11-15(22)20-6-2-8-21-7-1-3-16(21)23/h4-5,10H,1-3,6-9,11H2,(H,20,22). The van der Waals surface area contributed by atoms with Crippen molar-refractivity contribution >= 4 is 41.0 Å². The Kier molecular flexibility index (Phi) is 7.52. The summed E-state index contributed by atoms with van der Waals surface area (Å²) in [6.07, 6.45) is 2.16. The van der Waals surface area contributed by atoms with Crippen LogP contribution in [0.15, 0.2) is 18.2 Å². The molecule has 1 fully saturated rings. The summed E-state index contributed by atoms with van der Waals surface area (Å²) in [5, 5.41) is 3.53. The van der Waals surface area contributed by atoms with E-state index in [1.54, 1.807) is 23.1 Å². The van der Waals surface area contributed by atoms with Gasteiger partial charge in [-0.15, -0.1) is 0 Å². The normalized spacial score (nSPS) is 13.8. The molecule has 1 heterocycles. The number of amides is 2. The molecule has 0 bridgehead atoms. The number of nitrogens with zero attached hydrogens (tertiary/aromatic N) is 1. The third kappa shape index (κ3) is 6.55. The van der Waals surface area contributed by atoms with Crippen LogP contribution in [0, 0.1) is 0 Å². The average molecular weight is 387 g/mol. The number of halogens is 2. The van der Waals surface area contributed by atoms with E-state index >= 15 is 0 Å². The quantitative estimate of drug-likeness (QED) is 0.548. The maximum Gasteiger partial charge on any atom is 0.310 e. The lowest BCUT2D eigenvalue weighted by molar-refractivity contribution is -0.147. The van der Waals surface area contributed by atoms with Crippen molar-refractivity contribution in [3.63, 3.8) is 0 Å². The van der Waals surface area contributed by atoms with E-state index in [1.165, 1.54) is 0 Å². The molecule has 0 saturated carbocycles. The predicted octanol–water partition coefficient (Wildman–Crippen LogP) is 2.21. The lowest BCUT2D eigenvalue weighted by Crippen LogP contribution is -2.33. The van der Waals surface area contributed by atoms with Gasteiger partial charge in [-0.05, 0) is 30.5 Å². The van der Waals surface area contributed by atoms with Crippen LogP contribution >= 0.6 is 23.2 Å². The first-order valence-corrected chi connectivity index (χ1v) is 8.85. The summed E-state index contributed by atoms with van der Waals surface area (Å²) in [6.45, 7) is 1.52. The molecule has 0 atom stereocenters. The highest BCUT2D eigenvalue weighted by molar-refractivity contribution is 6.35. The molecule has 25 heavy (non-hydrogen) atoms. The second-order valence-electron chi connectivity index (χ2n) is 5.76. The molecule has 6 nitrogen and oxygen atoms in total. The molecule has 1 aliphatic heterocycles. The van der Waals surface area contributed by atoms with Gasteiger partial charge >= 0.3 is 5.97 Å². The molecule has 0 aromatic heterocycles. The molecule has 136 valence electrons. The minimum Gasteiger partial charge on any atom is -0.455 e. The van der Waals surface area contributed by atoms with Crippen molar-refractivity contribution < 1.29 is 19.1 Å². The fourth-order valence-electron chi connectivity index (χ4n) is 2.51. The summed E-state index contributed by atoms with van der Waals surface area (Å²) in [6, 6.07) is 4.82. The summed E-state index contributed by atoms with van der Waals surface area (Å²) in [5.74, 6) is -0.744. The van der Waals surface area contributed by atoms with Crippen LogP contribution in [0.1, 0.15) is 24.8 Å². The van der Waals surface area contributed by atoms with E-state index in [4.69, 9.17) is 27.9 Å². The Bertz CT molecular complexity index is 652. The summed E-state index contributed by atoms with van der Waals surface area (Å²) in [4.78, 5) is 36.6. The predicted molar refractivity (Wildman–Crippen MR) is 94.6 cm³/mol. The van der Waals surface area contributed by atoms with E-state index in [2.05, 4.69) is 5.32 Å². The highest BCUT2D eigenvalue weighted by atomic mass is 35.5. The zero-order chi connectivity index (χ0) is 18.2. The zero-order valence-corrected chi connectivity index (χ0v) is 15.2. The maximum absolute atomic E-state index is 11.8. The van der Waals surface area contributed by atoms with Crippen LogP contribution < -0.4 is 5.32 Å². The van der Waals surface area contributed by atoms with Gasteiger partial charge < -0.3 is 15.0 Å². The van der Waals surface area contributed by atoms with Gasteiger partial charge in [0.05, 0.1) is 6.42 Å². The molecule has 2 rings (SSSR count). The van der Waals surface area contributed by atoms with Crippen molar-refractivity contribution in [2.45, 2.75) is 25.7 Å². The lowest BCUT2D eigenvalue weighted by Gasteiger charge is -2.15. The zero-order valence-electron chi connectivity index (χ0n) is 13.7. The summed E-state index contributed by atoms with van der Waals surface area (Å²) >= 11 is 11.8. The minimum atomic E-state index is -0.540. The molecule has 2 amide bonds. The van der Waals surface area contributed by atoms with Crippen LogP contribution in [0.25, 0.3) is 0 Å². The van der Waals surface area contributed by atoms with Crippen LogP contribution in [0.3, 0.4) is 0 Å². The van der Waals surface area contributed by atoms with Gasteiger partial charge in [-0.1, -0.05) is 29.3 Å². The van der Waals surface area contributed by atoms with Crippen LogP contribution in [0.2, 0.25) is 10.0 Å². The van der Waals surface area contributed by atoms with Gasteiger partial charge in [-0.25, -0.2) is 0 Å². The van der Waals surface area contributed by atoms with Crippen molar-refractivity contribution in [1.82, 2.24) is 10.2 Å². The van der Waals surface area contributed by atoms with Crippen LogP contribution in [0.4, 0.5) is 0 Å². The van der Waals surface area contributed by atoms with Crippen LogP contribution in [-0.2, 0) is 25.5 Å². The molecule has 0 aliphatic carbocycles. The SMILES string of the molecule is O=C(COC(=O)Cc1ccc(Cl)cc1Cl)NCCCN1CCCC1=O. The van der Waals surface area contributed by atoms with Gasteiger partial charge in [0, 0.05) is 36.1 Å². The number of hydrogen-bond acceptors (Lipinski definition) is 4. The fourth-order valence-corrected chi connectivity index (χ4v) is 2.98. The Morgan fingerprint density at radius 1 is 1.28 bits per heavy atom. The second kappa shape index (κ2) is 9.63. The topological polar surface area (TPSA) is 75.7 Å². The van der Waals surface area contributed by atoms with Gasteiger partial charge in [0.2, 0.25) is 5.91 Å². The van der Waals surface area contributed by atoms with Crippen molar-refractivity contribution in [3.8, 4) is 0 Å². The number of nitrogens with one attached hydrogen (secondary N) is 1. The first kappa shape index (κ1) is 19.5. The third-order valence-electron chi connectivity index (χ3n) is 3.81. The van der Waals surface area contributed by atoms with Crippen LogP contribution in [0.5, 0.6) is 0 Å². The van der Waals surface area contributed by atoms with Crippen LogP contribution in [-0.4, -0.2) is 48.9 Å². The molecule has 1 aliphatic rings. The van der Waals surface area contributed by atoms with E-state index < -0.39 is 5.97 Å². The number of carbonyl (C=O) groups is 3. The van der Waals surface area contributed by atoms with Gasteiger partial charge in [0.25, 0.3) is 5.91 Å². The number of ether oxygens (including phenoxy) is 1. The van der Waals surface area contributed by atoms with Gasteiger partial charge in [-0.2, -0.15) is 0 Å². The van der Waals surface area contributed by atoms with Gasteiger partial charge in [0.15, 0.2) is 6.61 Å². The molecule has 0 unspecified atom stereocenters. The second-order valence-corrected chi connectivity index (χ2v) is 6.60. The van der Waals surface area contributed by atoms with E-state index in [9.17, 15) is 14.4 Å². The number of benzene rings is 1. The third-order valence-corrected chi connectivity index (χ3v) is 4.40. The molecule has 1 aromatic rings. The highest BCUT2D eigenvalue weighted by Crippen LogP contribution is 2.21. The lowest BCUT2D eigenvalue weighted by atomic mass is 10.1. The molecule has 0 spiro atoms. The molecule has 1 saturated heterocycles. The summed E-state index contributed by atoms with van der Waals surface area (Å²) < 4.78 is 4.93. The van der Waals surface area contributed by atoms with E-state index in [0.717, 1.165) is 13.0 Å². The first-order valence-electron chi connectivity index (χ1n) is 8.09. The van der Waals surface area contributed by atoms with Crippen molar-refractivity contribution in [2.24, 2.45) is 0 Å².